The summed E-state index contributed by atoms with van der Waals surface area (Å²) in [6.07, 6.45) is 1.77. The molecule has 1 aliphatic heterocycles. The monoisotopic (exact) mass is 497 g/mol. The number of nitrogens with zero attached hydrogens (tertiary/aromatic N) is 3. The molecule has 0 bridgehead atoms. The van der Waals surface area contributed by atoms with Crippen LogP contribution in [0, 0.1) is 3.95 Å². The first-order chi connectivity index (χ1) is 17.0. The normalized spacial score (nSPS) is 12.9. The van der Waals surface area contributed by atoms with Crippen molar-refractivity contribution in [3.63, 3.8) is 0 Å². The third-order valence-electron chi connectivity index (χ3n) is 5.41. The van der Waals surface area contributed by atoms with E-state index in [0.29, 0.717) is 14.7 Å². The van der Waals surface area contributed by atoms with E-state index in [2.05, 4.69) is 0 Å². The lowest BCUT2D eigenvalue weighted by Gasteiger charge is -2.04. The molecule has 0 aliphatic carbocycles. The molecule has 0 fully saturated rings. The molecule has 6 nitrogen and oxygen atoms in total. The second-order valence-electron chi connectivity index (χ2n) is 7.78. The van der Waals surface area contributed by atoms with Gasteiger partial charge in [0, 0.05) is 16.3 Å². The van der Waals surface area contributed by atoms with Gasteiger partial charge in [-0.2, -0.15) is 0 Å². The number of carbonyl (C=O) groups is 1. The van der Waals surface area contributed by atoms with Crippen LogP contribution in [0.5, 0.6) is 5.88 Å². The van der Waals surface area contributed by atoms with Gasteiger partial charge in [0.15, 0.2) is 9.78 Å². The fourth-order valence-electron chi connectivity index (χ4n) is 3.73. The SMILES string of the molecule is O=C(O)Cn1c(O)c(C=c2ccc(=C3N=C(c4ccccc4)C(c4ccccc4)=N3)cc2)sc1=S. The van der Waals surface area contributed by atoms with E-state index < -0.39 is 5.97 Å². The maximum Gasteiger partial charge on any atom is 0.323 e. The number of aliphatic imine (C=N–C) groups is 2. The van der Waals surface area contributed by atoms with Crippen LogP contribution in [0.25, 0.3) is 11.9 Å². The van der Waals surface area contributed by atoms with Crippen molar-refractivity contribution in [3.05, 3.63) is 115 Å². The number of aromatic nitrogens is 1. The molecule has 0 atom stereocenters. The number of benzene rings is 3. The van der Waals surface area contributed by atoms with Crippen molar-refractivity contribution < 1.29 is 15.0 Å². The van der Waals surface area contributed by atoms with E-state index in [1.54, 1.807) is 6.08 Å². The predicted octanol–water partition coefficient (Wildman–Crippen LogP) is 3.96. The molecule has 2 heterocycles. The largest absolute Gasteiger partial charge is 0.493 e. The molecule has 0 saturated carbocycles. The Morgan fingerprint density at radius 1 is 0.886 bits per heavy atom. The van der Waals surface area contributed by atoms with Crippen LogP contribution in [0.4, 0.5) is 0 Å². The maximum absolute atomic E-state index is 11.0. The zero-order valence-electron chi connectivity index (χ0n) is 18.3. The summed E-state index contributed by atoms with van der Waals surface area (Å²) in [5.74, 6) is -0.587. The molecule has 5 rings (SSSR count). The molecule has 0 saturated heterocycles. The Morgan fingerprint density at radius 2 is 1.43 bits per heavy atom. The number of rotatable bonds is 5. The smallest absolute Gasteiger partial charge is 0.323 e. The highest BCUT2D eigenvalue weighted by molar-refractivity contribution is 7.73. The summed E-state index contributed by atoms with van der Waals surface area (Å²) in [7, 11) is 0. The average Bonchev–Trinajstić information content (AvgIpc) is 3.43. The molecule has 35 heavy (non-hydrogen) atoms. The minimum absolute atomic E-state index is 0.147. The van der Waals surface area contributed by atoms with Crippen LogP contribution in [-0.2, 0) is 11.3 Å². The number of hydrogen-bond acceptors (Lipinski definition) is 6. The topological polar surface area (TPSA) is 87.2 Å². The number of aromatic hydroxyl groups is 1. The van der Waals surface area contributed by atoms with E-state index in [-0.39, 0.29) is 12.4 Å². The first-order valence-electron chi connectivity index (χ1n) is 10.7. The van der Waals surface area contributed by atoms with Crippen LogP contribution in [0.3, 0.4) is 0 Å². The maximum atomic E-state index is 11.0. The average molecular weight is 498 g/mol. The minimum Gasteiger partial charge on any atom is -0.493 e. The number of thiazole rings is 1. The van der Waals surface area contributed by atoms with E-state index in [4.69, 9.17) is 27.3 Å². The molecular weight excluding hydrogens is 478 g/mol. The second kappa shape index (κ2) is 9.61. The van der Waals surface area contributed by atoms with E-state index in [0.717, 1.165) is 44.3 Å². The Labute approximate surface area is 209 Å². The predicted molar refractivity (Wildman–Crippen MR) is 141 cm³/mol. The van der Waals surface area contributed by atoms with Gasteiger partial charge in [0.05, 0.1) is 16.3 Å². The van der Waals surface area contributed by atoms with Gasteiger partial charge >= 0.3 is 5.97 Å². The molecule has 8 heteroatoms. The van der Waals surface area contributed by atoms with Gasteiger partial charge in [-0.15, -0.1) is 11.3 Å². The lowest BCUT2D eigenvalue weighted by atomic mass is 10.0. The van der Waals surface area contributed by atoms with E-state index >= 15 is 0 Å². The molecule has 4 aromatic rings. The van der Waals surface area contributed by atoms with Crippen molar-refractivity contribution in [2.75, 3.05) is 0 Å². The summed E-state index contributed by atoms with van der Waals surface area (Å²) < 4.78 is 1.51. The molecular formula is C27H19N3O3S2. The number of carboxylic acids is 1. The fourth-order valence-corrected chi connectivity index (χ4v) is 5.00. The Morgan fingerprint density at radius 3 is 1.94 bits per heavy atom. The number of hydrogen-bond donors (Lipinski definition) is 2. The van der Waals surface area contributed by atoms with Crippen LogP contribution < -0.4 is 10.4 Å². The molecule has 2 N–H and O–H groups in total. The Kier molecular flexibility index (Phi) is 6.22. The minimum atomic E-state index is -1.07. The molecule has 0 unspecified atom stereocenters. The zero-order chi connectivity index (χ0) is 24.4. The molecule has 1 aromatic heterocycles. The van der Waals surface area contributed by atoms with Crippen molar-refractivity contribution >= 4 is 52.8 Å². The van der Waals surface area contributed by atoms with Gasteiger partial charge in [-0.05, 0) is 23.5 Å². The van der Waals surface area contributed by atoms with Gasteiger partial charge in [-0.3, -0.25) is 9.36 Å². The highest BCUT2D eigenvalue weighted by atomic mass is 32.1. The molecule has 172 valence electrons. The molecule has 0 amide bonds. The van der Waals surface area contributed by atoms with Crippen molar-refractivity contribution in [1.29, 1.82) is 0 Å². The zero-order valence-corrected chi connectivity index (χ0v) is 20.0. The quantitative estimate of drug-likeness (QED) is 0.409. The van der Waals surface area contributed by atoms with Crippen molar-refractivity contribution in [3.8, 4) is 5.88 Å². The van der Waals surface area contributed by atoms with E-state index in [1.165, 1.54) is 4.57 Å². The molecule has 1 aliphatic rings. The lowest BCUT2D eigenvalue weighted by molar-refractivity contribution is -0.137. The second-order valence-corrected chi connectivity index (χ2v) is 9.45. The van der Waals surface area contributed by atoms with Crippen molar-refractivity contribution in [2.24, 2.45) is 9.98 Å². The van der Waals surface area contributed by atoms with E-state index in [9.17, 15) is 9.90 Å². The van der Waals surface area contributed by atoms with Crippen molar-refractivity contribution in [1.82, 2.24) is 4.57 Å². The fraction of sp³-hybridized carbons (Fsp3) is 0.0370. The van der Waals surface area contributed by atoms with Gasteiger partial charge in [0.25, 0.3) is 0 Å². The van der Waals surface area contributed by atoms with Crippen LogP contribution in [0.2, 0.25) is 0 Å². The van der Waals surface area contributed by atoms with E-state index in [1.807, 2.05) is 84.9 Å². The lowest BCUT2D eigenvalue weighted by Crippen LogP contribution is -2.13. The van der Waals surface area contributed by atoms with Gasteiger partial charge < -0.3 is 10.2 Å². The summed E-state index contributed by atoms with van der Waals surface area (Å²) in [6.45, 7) is -0.379. The molecule has 0 spiro atoms. The van der Waals surface area contributed by atoms with Crippen LogP contribution in [0.1, 0.15) is 16.0 Å². The first-order valence-corrected chi connectivity index (χ1v) is 12.0. The molecule has 0 radical (unpaired) electrons. The van der Waals surface area contributed by atoms with Gasteiger partial charge in [-0.1, -0.05) is 84.9 Å². The highest BCUT2D eigenvalue weighted by Crippen LogP contribution is 2.26. The van der Waals surface area contributed by atoms with Gasteiger partial charge in [-0.25, -0.2) is 9.98 Å². The summed E-state index contributed by atoms with van der Waals surface area (Å²) in [5.41, 5.74) is 3.65. The molecule has 3 aromatic carbocycles. The summed E-state index contributed by atoms with van der Waals surface area (Å²) >= 11 is 6.36. The van der Waals surface area contributed by atoms with Crippen LogP contribution in [-0.4, -0.2) is 32.2 Å². The third-order valence-corrected chi connectivity index (χ3v) is 6.79. The van der Waals surface area contributed by atoms with Crippen LogP contribution >= 0.6 is 23.6 Å². The summed E-state index contributed by atoms with van der Waals surface area (Å²) in [6, 6.07) is 27.6. The Bertz CT molecular complexity index is 1590. The number of carboxylic acid groups (broad SMARTS) is 1. The number of aliphatic carboxylic acids is 1. The van der Waals surface area contributed by atoms with Gasteiger partial charge in [0.2, 0.25) is 5.88 Å². The van der Waals surface area contributed by atoms with Gasteiger partial charge in [0.1, 0.15) is 6.54 Å². The Balaban J connectivity index is 1.57. The first kappa shape index (κ1) is 22.6. The Hall–Kier alpha value is -4.14. The van der Waals surface area contributed by atoms with Crippen molar-refractivity contribution in [2.45, 2.75) is 6.54 Å². The standard InChI is InChI=1S/C27H19N3O3S2/c31-22(32)16-30-26(33)21(35-27(30)34)15-17-11-13-20(14-12-17)25-28-23(18-7-3-1-4-8-18)24(29-25)19-9-5-2-6-10-19/h1-15,33H,16H2,(H,31,32). The third kappa shape index (κ3) is 4.75. The highest BCUT2D eigenvalue weighted by Gasteiger charge is 2.20. The summed E-state index contributed by atoms with van der Waals surface area (Å²) in [5, 5.41) is 21.1. The summed E-state index contributed by atoms with van der Waals surface area (Å²) in [4.78, 5) is 21.3. The van der Waals surface area contributed by atoms with Crippen LogP contribution in [0.15, 0.2) is 94.9 Å².